The number of aromatic nitrogens is 2. The average molecular weight is 555 g/mol. The third kappa shape index (κ3) is 5.38. The smallest absolute Gasteiger partial charge is 0.422 e. The molecule has 38 heavy (non-hydrogen) atoms. The first kappa shape index (κ1) is 26.5. The highest BCUT2D eigenvalue weighted by Crippen LogP contribution is 2.45. The van der Waals surface area contributed by atoms with Crippen LogP contribution in [0.15, 0.2) is 18.2 Å². The van der Waals surface area contributed by atoms with E-state index >= 15 is 0 Å². The first-order chi connectivity index (χ1) is 17.8. The molecule has 1 spiro atoms. The second kappa shape index (κ2) is 9.58. The van der Waals surface area contributed by atoms with Crippen molar-refractivity contribution in [2.75, 3.05) is 23.9 Å². The Hall–Kier alpha value is -3.09. The number of anilines is 1. The molecule has 0 unspecified atom stereocenters. The number of halogens is 3. The Morgan fingerprint density at radius 2 is 2.00 bits per heavy atom. The van der Waals surface area contributed by atoms with Gasteiger partial charge in [0, 0.05) is 12.7 Å². The van der Waals surface area contributed by atoms with E-state index < -0.39 is 45.7 Å². The van der Waals surface area contributed by atoms with E-state index in [1.54, 1.807) is 16.8 Å². The minimum Gasteiger partial charge on any atom is -0.484 e. The Balaban J connectivity index is 1.47. The van der Waals surface area contributed by atoms with E-state index in [9.17, 15) is 31.2 Å². The lowest BCUT2D eigenvalue weighted by molar-refractivity contribution is -0.153. The fraction of sp³-hybridized carbons (Fsp3) is 0.560. The van der Waals surface area contributed by atoms with E-state index in [-0.39, 0.29) is 23.2 Å². The summed E-state index contributed by atoms with van der Waals surface area (Å²) in [6.45, 7) is -1.39. The highest BCUT2D eigenvalue weighted by atomic mass is 32.2. The number of nitrogens with one attached hydrogen (secondary N) is 2. The zero-order valence-corrected chi connectivity index (χ0v) is 21.7. The molecule has 2 aliphatic carbocycles. The van der Waals surface area contributed by atoms with Crippen LogP contribution in [0.3, 0.4) is 0 Å². The van der Waals surface area contributed by atoms with Gasteiger partial charge in [0.25, 0.3) is 5.91 Å². The highest BCUT2D eigenvalue weighted by molar-refractivity contribution is 7.91. The monoisotopic (exact) mass is 554 g/mol. The van der Waals surface area contributed by atoms with Gasteiger partial charge in [-0.3, -0.25) is 9.59 Å². The van der Waals surface area contributed by atoms with Crippen LogP contribution in [0.25, 0.3) is 0 Å². The van der Waals surface area contributed by atoms with Gasteiger partial charge < -0.3 is 15.4 Å². The molecule has 1 aliphatic heterocycles. The number of ether oxygens (including phenoxy) is 1. The largest absolute Gasteiger partial charge is 0.484 e. The van der Waals surface area contributed by atoms with Crippen LogP contribution in [0.2, 0.25) is 0 Å². The number of alkyl halides is 3. The predicted octanol–water partition coefficient (Wildman–Crippen LogP) is 3.44. The minimum atomic E-state index is -4.44. The third-order valence-electron chi connectivity index (χ3n) is 7.42. The SMILES string of the molecule is CS(=O)(=O)CC(=O)Nc1c2c(nn1C1CCCCC1)C[C@@]1(CCc3cc(OCC(F)(F)F)ccc31)NC2=O. The van der Waals surface area contributed by atoms with E-state index in [0.29, 0.717) is 25.0 Å². The number of rotatable bonds is 6. The van der Waals surface area contributed by atoms with E-state index in [1.807, 2.05) is 0 Å². The molecule has 1 aromatic heterocycles. The summed E-state index contributed by atoms with van der Waals surface area (Å²) in [7, 11) is -3.58. The number of sulfone groups is 1. The normalized spacial score (nSPS) is 21.6. The van der Waals surface area contributed by atoms with Gasteiger partial charge in [-0.2, -0.15) is 18.3 Å². The number of hydrogen-bond donors (Lipinski definition) is 2. The maximum Gasteiger partial charge on any atom is 0.422 e. The van der Waals surface area contributed by atoms with Crippen LogP contribution in [-0.4, -0.2) is 54.8 Å². The number of fused-ring (bicyclic) bond motifs is 3. The number of benzene rings is 1. The Morgan fingerprint density at radius 3 is 2.68 bits per heavy atom. The zero-order chi connectivity index (χ0) is 27.3. The first-order valence-corrected chi connectivity index (χ1v) is 14.6. The topological polar surface area (TPSA) is 119 Å². The standard InChI is InChI=1S/C25H29F3N4O5S/c1-38(35,36)13-20(33)29-22-21-19(31-32(22)16-5-3-2-4-6-16)12-24(30-23(21)34)10-9-15-11-17(7-8-18(15)24)37-14-25(26,27)28/h7-8,11,16H,2-6,9-10,12-14H2,1H3,(H,29,33)(H,30,34)/t24-/m1/s1. The lowest BCUT2D eigenvalue weighted by Gasteiger charge is -2.35. The summed E-state index contributed by atoms with van der Waals surface area (Å²) in [6, 6.07) is 4.70. The molecular formula is C25H29F3N4O5S. The number of amides is 2. The number of hydrogen-bond acceptors (Lipinski definition) is 6. The molecule has 2 heterocycles. The molecule has 3 aliphatic rings. The van der Waals surface area contributed by atoms with Gasteiger partial charge in [0.1, 0.15) is 22.9 Å². The van der Waals surface area contributed by atoms with Gasteiger partial charge in [0.2, 0.25) is 5.91 Å². The van der Waals surface area contributed by atoms with Crippen LogP contribution in [0, 0.1) is 0 Å². The Labute approximate surface area is 218 Å². The molecule has 0 bridgehead atoms. The summed E-state index contributed by atoms with van der Waals surface area (Å²) in [6.07, 6.45) is 2.62. The number of nitrogens with zero attached hydrogens (tertiary/aromatic N) is 2. The number of carbonyl (C=O) groups is 2. The van der Waals surface area contributed by atoms with Crippen molar-refractivity contribution in [3.05, 3.63) is 40.6 Å². The fourth-order valence-electron chi connectivity index (χ4n) is 5.86. The van der Waals surface area contributed by atoms with Crippen LogP contribution in [0.1, 0.15) is 71.7 Å². The Bertz CT molecular complexity index is 1380. The number of aryl methyl sites for hydroxylation is 1. The molecule has 0 radical (unpaired) electrons. The fourth-order valence-corrected chi connectivity index (χ4v) is 6.41. The van der Waals surface area contributed by atoms with Crippen molar-refractivity contribution in [2.45, 2.75) is 69.1 Å². The summed E-state index contributed by atoms with van der Waals surface area (Å²) in [5, 5.41) is 10.5. The second-order valence-electron chi connectivity index (χ2n) is 10.5. The molecule has 1 fully saturated rings. The van der Waals surface area contributed by atoms with Gasteiger partial charge >= 0.3 is 6.18 Å². The molecule has 206 valence electrons. The second-order valence-corrected chi connectivity index (χ2v) is 12.6. The molecule has 1 saturated carbocycles. The molecule has 9 nitrogen and oxygen atoms in total. The first-order valence-electron chi connectivity index (χ1n) is 12.6. The van der Waals surface area contributed by atoms with Crippen LogP contribution in [0.4, 0.5) is 19.0 Å². The summed E-state index contributed by atoms with van der Waals surface area (Å²) in [4.78, 5) is 26.1. The van der Waals surface area contributed by atoms with Crippen molar-refractivity contribution in [2.24, 2.45) is 0 Å². The minimum absolute atomic E-state index is 0.0316. The molecule has 2 amide bonds. The van der Waals surface area contributed by atoms with Crippen molar-refractivity contribution in [1.82, 2.24) is 15.1 Å². The highest BCUT2D eigenvalue weighted by Gasteiger charge is 2.47. The third-order valence-corrected chi connectivity index (χ3v) is 8.21. The molecule has 1 atom stereocenters. The molecule has 13 heteroatoms. The van der Waals surface area contributed by atoms with Gasteiger partial charge in [-0.05, 0) is 48.9 Å². The molecular weight excluding hydrogens is 525 g/mol. The maximum atomic E-state index is 13.5. The molecule has 2 aromatic rings. The molecule has 1 aromatic carbocycles. The van der Waals surface area contributed by atoms with E-state index in [1.165, 1.54) is 6.07 Å². The predicted molar refractivity (Wildman–Crippen MR) is 132 cm³/mol. The van der Waals surface area contributed by atoms with E-state index in [0.717, 1.165) is 49.5 Å². The lowest BCUT2D eigenvalue weighted by Crippen LogP contribution is -2.49. The summed E-state index contributed by atoms with van der Waals surface area (Å²) < 4.78 is 67.7. The van der Waals surface area contributed by atoms with Gasteiger partial charge in [-0.1, -0.05) is 25.3 Å². The summed E-state index contributed by atoms with van der Waals surface area (Å²) >= 11 is 0. The summed E-state index contributed by atoms with van der Waals surface area (Å²) in [5.74, 6) is -1.57. The molecule has 5 rings (SSSR count). The molecule has 0 saturated heterocycles. The summed E-state index contributed by atoms with van der Waals surface area (Å²) in [5.41, 5.74) is 1.52. The van der Waals surface area contributed by atoms with Crippen LogP contribution >= 0.6 is 0 Å². The van der Waals surface area contributed by atoms with Crippen molar-refractivity contribution < 1.29 is 35.9 Å². The quantitative estimate of drug-likeness (QED) is 0.565. The van der Waals surface area contributed by atoms with Gasteiger partial charge in [-0.15, -0.1) is 0 Å². The van der Waals surface area contributed by atoms with Crippen LogP contribution in [0.5, 0.6) is 5.75 Å². The van der Waals surface area contributed by atoms with E-state index in [4.69, 9.17) is 9.84 Å². The van der Waals surface area contributed by atoms with Crippen molar-refractivity contribution >= 4 is 27.5 Å². The van der Waals surface area contributed by atoms with E-state index in [2.05, 4.69) is 10.6 Å². The Morgan fingerprint density at radius 1 is 1.26 bits per heavy atom. The van der Waals surface area contributed by atoms with Gasteiger partial charge in [0.15, 0.2) is 16.4 Å². The van der Waals surface area contributed by atoms with Crippen LogP contribution in [-0.2, 0) is 33.0 Å². The van der Waals surface area contributed by atoms with Crippen LogP contribution < -0.4 is 15.4 Å². The van der Waals surface area contributed by atoms with Gasteiger partial charge in [-0.25, -0.2) is 13.1 Å². The van der Waals surface area contributed by atoms with Crippen molar-refractivity contribution in [3.8, 4) is 5.75 Å². The zero-order valence-electron chi connectivity index (χ0n) is 20.9. The van der Waals surface area contributed by atoms with Gasteiger partial charge in [0.05, 0.1) is 17.3 Å². The number of carbonyl (C=O) groups excluding carboxylic acids is 2. The van der Waals surface area contributed by atoms with Crippen molar-refractivity contribution in [3.63, 3.8) is 0 Å². The molecule has 2 N–H and O–H groups in total. The van der Waals surface area contributed by atoms with Crippen molar-refractivity contribution in [1.29, 1.82) is 0 Å². The Kier molecular flexibility index (Phi) is 6.69. The lowest BCUT2D eigenvalue weighted by atomic mass is 9.82. The maximum absolute atomic E-state index is 13.5. The average Bonchev–Trinajstić information content (AvgIpc) is 3.35.